The summed E-state index contributed by atoms with van der Waals surface area (Å²) in [4.78, 5) is 5.11. The molecule has 2 rings (SSSR count). The molecular formula is C25H32CuN6S3. The molecule has 0 saturated heterocycles. The van der Waals surface area contributed by atoms with Gasteiger partial charge in [0.2, 0.25) is 0 Å². The van der Waals surface area contributed by atoms with Crippen LogP contribution in [0.2, 0.25) is 0 Å². The molecule has 0 spiro atoms. The molecule has 0 bridgehead atoms. The van der Waals surface area contributed by atoms with Crippen LogP contribution in [0.4, 0.5) is 0 Å². The van der Waals surface area contributed by atoms with Gasteiger partial charge in [-0.25, -0.2) is 0 Å². The fraction of sp³-hybridized carbons (Fsp3) is 0.360. The van der Waals surface area contributed by atoms with Gasteiger partial charge in [0.1, 0.15) is 11.4 Å². The van der Waals surface area contributed by atoms with Crippen LogP contribution in [0.1, 0.15) is 38.8 Å². The van der Waals surface area contributed by atoms with Gasteiger partial charge in [-0.15, -0.1) is 22.0 Å². The van der Waals surface area contributed by atoms with Gasteiger partial charge in [0.05, 0.1) is 0 Å². The maximum Gasteiger partial charge on any atom is 2.00 e. The Bertz CT molecular complexity index is 1020. The normalized spacial score (nSPS) is 12.8. The Morgan fingerprint density at radius 2 is 1.06 bits per heavy atom. The first-order valence-electron chi connectivity index (χ1n) is 11.3. The zero-order valence-electron chi connectivity index (χ0n) is 20.7. The number of hydrogen-bond donors (Lipinski definition) is 0. The van der Waals surface area contributed by atoms with E-state index in [2.05, 4.69) is 32.5 Å². The summed E-state index contributed by atoms with van der Waals surface area (Å²) in [5, 5.41) is 18.9. The Morgan fingerprint density at radius 3 is 1.43 bits per heavy atom. The number of hydrogen-bond acceptors (Lipinski definition) is 7. The molecule has 0 amide bonds. The van der Waals surface area contributed by atoms with Gasteiger partial charge in [0.25, 0.3) is 0 Å². The largest absolute Gasteiger partial charge is 2.00 e. The van der Waals surface area contributed by atoms with Crippen molar-refractivity contribution in [3.05, 3.63) is 65.7 Å². The van der Waals surface area contributed by atoms with E-state index in [1.165, 1.54) is 0 Å². The topological polar surface area (TPSA) is 55.9 Å². The van der Waals surface area contributed by atoms with Crippen molar-refractivity contribution in [1.82, 2.24) is 9.80 Å². The molecule has 0 heterocycles. The quantitative estimate of drug-likeness (QED) is 0.0996. The minimum absolute atomic E-state index is 0. The molecular weight excluding hydrogens is 544 g/mol. The fourth-order valence-corrected chi connectivity index (χ4v) is 4.14. The van der Waals surface area contributed by atoms with Crippen molar-refractivity contribution >= 4 is 58.8 Å². The molecule has 10 heteroatoms. The molecule has 2 aromatic rings. The summed E-state index contributed by atoms with van der Waals surface area (Å²) in [6, 6.07) is 18.0. The van der Waals surface area contributed by atoms with Gasteiger partial charge < -0.3 is 35.1 Å². The number of amidine groups is 2. The Labute approximate surface area is 235 Å². The van der Waals surface area contributed by atoms with Crippen LogP contribution in [-0.4, -0.2) is 64.0 Å². The minimum atomic E-state index is 0. The third-order valence-corrected chi connectivity index (χ3v) is 6.60. The van der Waals surface area contributed by atoms with E-state index in [0.717, 1.165) is 42.2 Å². The summed E-state index contributed by atoms with van der Waals surface area (Å²) in [5.41, 5.74) is 2.90. The first kappa shape index (κ1) is 31.1. The summed E-state index contributed by atoms with van der Waals surface area (Å²) in [6.45, 7) is 11.2. The van der Waals surface area contributed by atoms with Crippen molar-refractivity contribution < 1.29 is 17.1 Å². The Kier molecular flexibility index (Phi) is 14.8. The zero-order chi connectivity index (χ0) is 24.9. The summed E-state index contributed by atoms with van der Waals surface area (Å²) in [5.74, 6) is 0. The molecule has 1 radical (unpaired) electrons. The van der Waals surface area contributed by atoms with Crippen LogP contribution in [0.25, 0.3) is 0 Å². The molecule has 35 heavy (non-hydrogen) atoms. The van der Waals surface area contributed by atoms with Crippen LogP contribution in [0, 0.1) is 0 Å². The van der Waals surface area contributed by atoms with Crippen molar-refractivity contribution in [2.45, 2.75) is 32.6 Å². The first-order chi connectivity index (χ1) is 16.5. The van der Waals surface area contributed by atoms with Crippen molar-refractivity contribution in [2.24, 2.45) is 20.4 Å². The number of nitrogens with zero attached hydrogens (tertiary/aromatic N) is 6. The van der Waals surface area contributed by atoms with Crippen molar-refractivity contribution in [2.75, 3.05) is 32.4 Å². The van der Waals surface area contributed by atoms with Gasteiger partial charge in [-0.2, -0.15) is 10.2 Å². The van der Waals surface area contributed by atoms with Crippen LogP contribution >= 0.6 is 11.8 Å². The summed E-state index contributed by atoms with van der Waals surface area (Å²) >= 11 is 12.7. The van der Waals surface area contributed by atoms with E-state index < -0.39 is 0 Å². The second-order valence-corrected chi connectivity index (χ2v) is 8.71. The summed E-state index contributed by atoms with van der Waals surface area (Å²) in [7, 11) is 0. The first-order valence-corrected chi connectivity index (χ1v) is 13.4. The van der Waals surface area contributed by atoms with Gasteiger partial charge in [-0.05, 0) is 46.1 Å². The van der Waals surface area contributed by atoms with E-state index in [0.29, 0.717) is 21.8 Å². The Balaban J connectivity index is 0.00000612. The number of benzene rings is 2. The van der Waals surface area contributed by atoms with E-state index in [1.807, 2.05) is 86.2 Å². The van der Waals surface area contributed by atoms with E-state index in [-0.39, 0.29) is 17.1 Å². The van der Waals surface area contributed by atoms with E-state index >= 15 is 0 Å². The number of thioether (sulfide) groups is 1. The predicted molar refractivity (Wildman–Crippen MR) is 153 cm³/mol. The standard InChI is InChI=1S/C25H34N6S3.Cu/c1-6-30(7-2)24(32)28-26-22(19-13-11-10-12-14-19)23(20-15-17-21(34-5)18-16-20)27-29-25(33)31(8-3)9-4;/h10-18H,6-9H2,1-5H3,(H,28,32)(H,29,33);/q;+2/p-2/b26-22+,27-23+;. The average molecular weight is 576 g/mol. The van der Waals surface area contributed by atoms with E-state index in [4.69, 9.17) is 25.3 Å². The third kappa shape index (κ3) is 9.20. The van der Waals surface area contributed by atoms with Gasteiger partial charge in [-0.1, -0.05) is 42.5 Å². The maximum atomic E-state index is 5.51. The van der Waals surface area contributed by atoms with Crippen molar-refractivity contribution in [3.8, 4) is 0 Å². The molecule has 191 valence electrons. The molecule has 0 fully saturated rings. The SMILES string of the molecule is CCN(CC)/C([S-])=N/N=C(/C(=N/N=C(\[S-])N(CC)CC)c1ccc(SC)cc1)c1ccccc1.[Cu+2]. The maximum absolute atomic E-state index is 5.51. The van der Waals surface area contributed by atoms with Crippen LogP contribution in [-0.2, 0) is 42.3 Å². The van der Waals surface area contributed by atoms with E-state index in [1.54, 1.807) is 11.8 Å². The Morgan fingerprint density at radius 1 is 0.657 bits per heavy atom. The Hall–Kier alpha value is -1.97. The molecule has 0 aromatic heterocycles. The second kappa shape index (κ2) is 16.7. The molecule has 0 aliphatic carbocycles. The van der Waals surface area contributed by atoms with Gasteiger partial charge in [0, 0.05) is 52.5 Å². The molecule has 0 saturated carbocycles. The number of rotatable bonds is 10. The molecule has 0 atom stereocenters. The van der Waals surface area contributed by atoms with Gasteiger partial charge in [-0.3, -0.25) is 0 Å². The molecule has 0 aliphatic rings. The molecule has 0 aliphatic heterocycles. The summed E-state index contributed by atoms with van der Waals surface area (Å²) < 4.78 is 0. The van der Waals surface area contributed by atoms with Crippen molar-refractivity contribution in [3.63, 3.8) is 0 Å². The molecule has 2 aromatic carbocycles. The monoisotopic (exact) mass is 575 g/mol. The van der Waals surface area contributed by atoms with Crippen LogP contribution < -0.4 is 0 Å². The minimum Gasteiger partial charge on any atom is -0.741 e. The second-order valence-electron chi connectivity index (χ2n) is 7.10. The van der Waals surface area contributed by atoms with Crippen LogP contribution in [0.15, 0.2) is 79.9 Å². The van der Waals surface area contributed by atoms with Crippen LogP contribution in [0.5, 0.6) is 0 Å². The predicted octanol–water partition coefficient (Wildman–Crippen LogP) is 5.00. The molecule has 0 unspecified atom stereocenters. The van der Waals surface area contributed by atoms with Gasteiger partial charge in [0.15, 0.2) is 0 Å². The smallest absolute Gasteiger partial charge is 0.741 e. The van der Waals surface area contributed by atoms with Crippen LogP contribution in [0.3, 0.4) is 0 Å². The fourth-order valence-electron chi connectivity index (χ4n) is 3.13. The summed E-state index contributed by atoms with van der Waals surface area (Å²) in [6.07, 6.45) is 2.05. The third-order valence-electron chi connectivity index (χ3n) is 5.17. The molecule has 0 N–H and O–H groups in total. The molecule has 6 nitrogen and oxygen atoms in total. The van der Waals surface area contributed by atoms with E-state index in [9.17, 15) is 0 Å². The average Bonchev–Trinajstić information content (AvgIpc) is 2.88. The van der Waals surface area contributed by atoms with Gasteiger partial charge >= 0.3 is 17.1 Å². The van der Waals surface area contributed by atoms with Crippen molar-refractivity contribution in [1.29, 1.82) is 0 Å². The zero-order valence-corrected chi connectivity index (χ0v) is 24.1.